The van der Waals surface area contributed by atoms with E-state index in [0.29, 0.717) is 5.56 Å². The number of carbonyl (C=O) groups is 1. The Balaban J connectivity index is 3.22. The van der Waals surface area contributed by atoms with Crippen molar-refractivity contribution in [3.05, 3.63) is 50.1 Å². The molecule has 12 nitrogen and oxygen atoms in total. The van der Waals surface area contributed by atoms with Crippen LogP contribution in [0.2, 0.25) is 0 Å². The molecule has 0 aliphatic carbocycles. The van der Waals surface area contributed by atoms with Crippen LogP contribution in [0.1, 0.15) is 12.5 Å². The SMILES string of the molecule is CCOC(=O)N(CN([N+](=O)[O-])S(=O)(=O)c1ccc(C)cc1)[N+](=O)[O-]. The molecule has 0 heterocycles. The van der Waals surface area contributed by atoms with Crippen LogP contribution in [0, 0.1) is 27.2 Å². The van der Waals surface area contributed by atoms with Crippen LogP contribution in [0.5, 0.6) is 0 Å². The molecule has 0 atom stereocenters. The number of nitro groups is 2. The Kier molecular flexibility index (Phi) is 6.00. The lowest BCUT2D eigenvalue weighted by atomic mass is 10.2. The first-order valence-electron chi connectivity index (χ1n) is 6.43. The van der Waals surface area contributed by atoms with Crippen molar-refractivity contribution in [3.63, 3.8) is 0 Å². The lowest BCUT2D eigenvalue weighted by Crippen LogP contribution is -2.49. The van der Waals surface area contributed by atoms with E-state index < -0.39 is 42.2 Å². The third-order valence-electron chi connectivity index (χ3n) is 2.71. The van der Waals surface area contributed by atoms with E-state index >= 15 is 0 Å². The first-order valence-corrected chi connectivity index (χ1v) is 7.87. The van der Waals surface area contributed by atoms with Gasteiger partial charge in [0.25, 0.3) is 0 Å². The fourth-order valence-electron chi connectivity index (χ4n) is 1.54. The third-order valence-corrected chi connectivity index (χ3v) is 4.38. The molecule has 1 aromatic rings. The van der Waals surface area contributed by atoms with Crippen molar-refractivity contribution < 1.29 is 28.0 Å². The van der Waals surface area contributed by atoms with E-state index in [9.17, 15) is 33.4 Å². The molecule has 0 bridgehead atoms. The molecule has 0 aromatic heterocycles. The van der Waals surface area contributed by atoms with E-state index in [4.69, 9.17) is 0 Å². The van der Waals surface area contributed by atoms with Gasteiger partial charge in [0.1, 0.15) is 0 Å². The van der Waals surface area contributed by atoms with Crippen LogP contribution in [0.25, 0.3) is 0 Å². The second kappa shape index (κ2) is 7.54. The Bertz CT molecular complexity index is 733. The largest absolute Gasteiger partial charge is 0.470 e. The predicted octanol–water partition coefficient (Wildman–Crippen LogP) is 0.785. The maximum absolute atomic E-state index is 12.3. The summed E-state index contributed by atoms with van der Waals surface area (Å²) in [6.07, 6.45) is -1.52. The fraction of sp³-hybridized carbons (Fsp3) is 0.364. The maximum Gasteiger partial charge on any atom is 0.470 e. The lowest BCUT2D eigenvalue weighted by Gasteiger charge is -2.17. The van der Waals surface area contributed by atoms with Gasteiger partial charge >= 0.3 is 16.1 Å². The summed E-state index contributed by atoms with van der Waals surface area (Å²) in [5.41, 5.74) is 0.708. The molecule has 0 spiro atoms. The van der Waals surface area contributed by atoms with Gasteiger partial charge in [-0.3, -0.25) is 0 Å². The standard InChI is InChI=1S/C11H14N4O8S/c1-3-23-11(16)12(14(17)18)8-13(15(19)20)24(21,22)10-6-4-9(2)5-7-10/h4-7H,3,8H2,1-2H3. The number of hydrazine groups is 2. The van der Waals surface area contributed by atoms with E-state index in [-0.39, 0.29) is 11.6 Å². The molecule has 0 radical (unpaired) electrons. The van der Waals surface area contributed by atoms with Crippen molar-refractivity contribution in [1.29, 1.82) is 0 Å². The Morgan fingerprint density at radius 1 is 1.17 bits per heavy atom. The number of carbonyl (C=O) groups excluding carboxylic acids is 1. The highest BCUT2D eigenvalue weighted by Gasteiger charge is 2.41. The van der Waals surface area contributed by atoms with Crippen molar-refractivity contribution in [2.75, 3.05) is 13.3 Å². The Morgan fingerprint density at radius 2 is 1.71 bits per heavy atom. The molecule has 0 N–H and O–H groups in total. The third kappa shape index (κ3) is 4.28. The van der Waals surface area contributed by atoms with Crippen LogP contribution < -0.4 is 0 Å². The summed E-state index contributed by atoms with van der Waals surface area (Å²) in [4.78, 5) is 33.0. The van der Waals surface area contributed by atoms with Gasteiger partial charge in [-0.15, -0.1) is 0 Å². The Labute approximate surface area is 136 Å². The van der Waals surface area contributed by atoms with Crippen LogP contribution >= 0.6 is 0 Å². The van der Waals surface area contributed by atoms with Gasteiger partial charge in [0.15, 0.2) is 10.1 Å². The predicted molar refractivity (Wildman–Crippen MR) is 77.9 cm³/mol. The Hall–Kier alpha value is -2.96. The van der Waals surface area contributed by atoms with E-state index in [0.717, 1.165) is 12.1 Å². The highest BCUT2D eigenvalue weighted by atomic mass is 32.2. The zero-order valence-electron chi connectivity index (χ0n) is 12.7. The second-order valence-corrected chi connectivity index (χ2v) is 6.20. The molecule has 0 fully saturated rings. The molecule has 0 unspecified atom stereocenters. The average molecular weight is 362 g/mol. The summed E-state index contributed by atoms with van der Waals surface area (Å²) in [7, 11) is -4.71. The fourth-order valence-corrected chi connectivity index (χ4v) is 2.70. The molecule has 132 valence electrons. The second-order valence-electron chi connectivity index (χ2n) is 4.36. The van der Waals surface area contributed by atoms with Crippen LogP contribution in [0.15, 0.2) is 29.2 Å². The number of hydrogen-bond acceptors (Lipinski definition) is 8. The summed E-state index contributed by atoms with van der Waals surface area (Å²) >= 11 is 0. The maximum atomic E-state index is 12.3. The van der Waals surface area contributed by atoms with Crippen molar-refractivity contribution in [2.45, 2.75) is 18.7 Å². The van der Waals surface area contributed by atoms with Crippen LogP contribution in [0.3, 0.4) is 0 Å². The van der Waals surface area contributed by atoms with Crippen LogP contribution in [-0.4, -0.2) is 47.3 Å². The summed E-state index contributed by atoms with van der Waals surface area (Å²) < 4.78 is 28.6. The normalized spacial score (nSPS) is 10.8. The van der Waals surface area contributed by atoms with Crippen LogP contribution in [-0.2, 0) is 14.8 Å². The topological polar surface area (TPSA) is 153 Å². The monoisotopic (exact) mass is 362 g/mol. The van der Waals surface area contributed by atoms with Gasteiger partial charge in [0.05, 0.1) is 11.5 Å². The molecule has 0 saturated heterocycles. The molecular weight excluding hydrogens is 348 g/mol. The minimum atomic E-state index is -4.71. The van der Waals surface area contributed by atoms with Crippen molar-refractivity contribution in [2.24, 2.45) is 0 Å². The number of ether oxygens (including phenoxy) is 1. The van der Waals surface area contributed by atoms with Gasteiger partial charge in [-0.05, 0) is 26.0 Å². The minimum Gasteiger partial charge on any atom is -0.446 e. The molecule has 24 heavy (non-hydrogen) atoms. The number of aryl methyl sites for hydroxylation is 1. The molecule has 0 aliphatic rings. The number of hydrogen-bond donors (Lipinski definition) is 0. The molecule has 1 aromatic carbocycles. The summed E-state index contributed by atoms with van der Waals surface area (Å²) in [6, 6.07) is 5.04. The summed E-state index contributed by atoms with van der Waals surface area (Å²) in [5, 5.41) is 19.0. The lowest BCUT2D eigenvalue weighted by molar-refractivity contribution is -0.680. The highest BCUT2D eigenvalue weighted by molar-refractivity contribution is 7.89. The molecule has 1 amide bonds. The summed E-state index contributed by atoms with van der Waals surface area (Å²) in [5.74, 6) is 0. The van der Waals surface area contributed by atoms with Gasteiger partial charge in [-0.2, -0.15) is 8.42 Å². The quantitative estimate of drug-likeness (QED) is 0.392. The Morgan fingerprint density at radius 3 is 2.12 bits per heavy atom. The number of benzene rings is 1. The van der Waals surface area contributed by atoms with E-state index in [1.807, 2.05) is 0 Å². The number of amides is 1. The van der Waals surface area contributed by atoms with Gasteiger partial charge in [0, 0.05) is 9.42 Å². The molecule has 0 saturated carbocycles. The molecular formula is C11H14N4O8S. The van der Waals surface area contributed by atoms with Crippen molar-refractivity contribution in [1.82, 2.24) is 9.42 Å². The van der Waals surface area contributed by atoms with Crippen molar-refractivity contribution >= 4 is 16.1 Å². The van der Waals surface area contributed by atoms with Gasteiger partial charge in [-0.1, -0.05) is 17.7 Å². The zero-order valence-corrected chi connectivity index (χ0v) is 13.5. The smallest absolute Gasteiger partial charge is 0.446 e. The first-order chi connectivity index (χ1) is 11.1. The minimum absolute atomic E-state index is 0.230. The molecule has 0 aliphatic heterocycles. The van der Waals surface area contributed by atoms with E-state index in [1.54, 1.807) is 6.92 Å². The number of rotatable bonds is 7. The zero-order chi connectivity index (χ0) is 18.5. The first kappa shape index (κ1) is 19.1. The van der Waals surface area contributed by atoms with E-state index in [2.05, 4.69) is 4.74 Å². The molecule has 13 heteroatoms. The summed E-state index contributed by atoms with van der Waals surface area (Å²) in [6.45, 7) is 1.36. The van der Waals surface area contributed by atoms with Gasteiger partial charge < -0.3 is 4.74 Å². The highest BCUT2D eigenvalue weighted by Crippen LogP contribution is 2.17. The van der Waals surface area contributed by atoms with Crippen LogP contribution in [0.4, 0.5) is 4.79 Å². The number of sulfonamides is 1. The number of nitrogens with zero attached hydrogens (tertiary/aromatic N) is 4. The average Bonchev–Trinajstić information content (AvgIpc) is 2.47. The van der Waals surface area contributed by atoms with Crippen molar-refractivity contribution in [3.8, 4) is 0 Å². The van der Waals surface area contributed by atoms with Gasteiger partial charge in [0.2, 0.25) is 6.67 Å². The molecule has 1 rings (SSSR count). The van der Waals surface area contributed by atoms with E-state index in [1.165, 1.54) is 19.1 Å². The van der Waals surface area contributed by atoms with Gasteiger partial charge in [-0.25, -0.2) is 25.0 Å².